The summed E-state index contributed by atoms with van der Waals surface area (Å²) in [7, 11) is 0. The van der Waals surface area contributed by atoms with Gasteiger partial charge in [-0.15, -0.1) is 23.8 Å². The second-order valence-corrected chi connectivity index (χ2v) is 4.36. The van der Waals surface area contributed by atoms with Crippen molar-refractivity contribution < 1.29 is 17.1 Å². The van der Waals surface area contributed by atoms with Gasteiger partial charge in [0, 0.05) is 17.1 Å². The van der Waals surface area contributed by atoms with Crippen molar-refractivity contribution in [2.24, 2.45) is 0 Å². The van der Waals surface area contributed by atoms with Gasteiger partial charge in [-0.3, -0.25) is 0 Å². The van der Waals surface area contributed by atoms with Crippen LogP contribution in [0.15, 0.2) is 79.4 Å². The van der Waals surface area contributed by atoms with E-state index in [1.807, 2.05) is 36.4 Å². The molecule has 0 aliphatic carbocycles. The van der Waals surface area contributed by atoms with Crippen LogP contribution in [0.2, 0.25) is 0 Å². The minimum Gasteiger partial charge on any atom is -0.748 e. The van der Waals surface area contributed by atoms with Crippen LogP contribution in [0.4, 0.5) is 0 Å². The van der Waals surface area contributed by atoms with Crippen LogP contribution < -0.4 is 0 Å². The van der Waals surface area contributed by atoms with Gasteiger partial charge in [-0.1, -0.05) is 48.4 Å². The van der Waals surface area contributed by atoms with E-state index in [-0.39, 0.29) is 17.1 Å². The minimum absolute atomic E-state index is 0. The van der Waals surface area contributed by atoms with Crippen molar-refractivity contribution in [1.29, 1.82) is 0 Å². The zero-order valence-electron chi connectivity index (χ0n) is 11.6. The Morgan fingerprint density at radius 3 is 2.00 bits per heavy atom. The van der Waals surface area contributed by atoms with Gasteiger partial charge in [0.2, 0.25) is 0 Å². The first kappa shape index (κ1) is 16.2. The van der Waals surface area contributed by atoms with Crippen molar-refractivity contribution in [3.63, 3.8) is 0 Å². The van der Waals surface area contributed by atoms with E-state index in [0.717, 1.165) is 0 Å². The maximum absolute atomic E-state index is 3.81. The smallest absolute Gasteiger partial charge is 0 e. The molecular weight excluding hydrogens is 284 g/mol. The van der Waals surface area contributed by atoms with E-state index in [1.54, 1.807) is 0 Å². The van der Waals surface area contributed by atoms with Crippen LogP contribution >= 0.6 is 0 Å². The second-order valence-electron chi connectivity index (χ2n) is 4.36. The number of benzene rings is 1. The number of hydrogen-bond donors (Lipinski definition) is 0. The van der Waals surface area contributed by atoms with Crippen molar-refractivity contribution in [2.45, 2.75) is 6.92 Å². The zero-order chi connectivity index (χ0) is 13.5. The van der Waals surface area contributed by atoms with Gasteiger partial charge in [0.15, 0.2) is 0 Å². The molecule has 1 heteroatoms. The molecule has 0 aliphatic heterocycles. The monoisotopic (exact) mass is 302 g/mol. The first-order valence-corrected chi connectivity index (χ1v) is 6.43. The molecule has 0 unspecified atom stereocenters. The van der Waals surface area contributed by atoms with E-state index >= 15 is 0 Å². The van der Waals surface area contributed by atoms with Crippen molar-refractivity contribution in [1.82, 2.24) is 0 Å². The van der Waals surface area contributed by atoms with Gasteiger partial charge in [-0.05, 0) is 0 Å². The summed E-state index contributed by atoms with van der Waals surface area (Å²) in [6.07, 6.45) is 1.90. The largest absolute Gasteiger partial charge is 0.748 e. The molecule has 0 bridgehead atoms. The summed E-state index contributed by atoms with van der Waals surface area (Å²) in [6, 6.07) is 24.7. The van der Waals surface area contributed by atoms with Crippen LogP contribution in [0.1, 0.15) is 11.1 Å². The first-order valence-electron chi connectivity index (χ1n) is 6.43. The van der Waals surface area contributed by atoms with Crippen LogP contribution in [0, 0.1) is 6.92 Å². The predicted molar refractivity (Wildman–Crippen MR) is 84.3 cm³/mol. The Bertz CT molecular complexity index is 584. The number of hydrogen-bond acceptors (Lipinski definition) is 0. The van der Waals surface area contributed by atoms with Crippen molar-refractivity contribution >= 4 is 6.08 Å². The van der Waals surface area contributed by atoms with Crippen LogP contribution in [0.3, 0.4) is 0 Å². The fraction of sp³-hybridized carbons (Fsp3) is 0.0526. The summed E-state index contributed by atoms with van der Waals surface area (Å²) < 4.78 is 0. The van der Waals surface area contributed by atoms with E-state index in [0.29, 0.717) is 0 Å². The molecule has 20 heavy (non-hydrogen) atoms. The standard InChI is InChI=1S/C14H13.C5H5.Fe/c1-3-12-9-6-10-14(11(12)2)13-7-4-5-8-13;1-2-4-5-3-1;/h3-10H,1H2,2H3;1-5H;/q-1;-5;. The summed E-state index contributed by atoms with van der Waals surface area (Å²) in [5.74, 6) is 0. The van der Waals surface area contributed by atoms with Gasteiger partial charge in [-0.2, -0.15) is 12.1 Å². The van der Waals surface area contributed by atoms with E-state index in [4.69, 9.17) is 0 Å². The molecule has 0 spiro atoms. The molecule has 0 aliphatic rings. The Hall–Kier alpha value is -1.82. The molecular formula is C19H18Fe-6. The van der Waals surface area contributed by atoms with Gasteiger partial charge < -0.3 is 30.3 Å². The summed E-state index contributed by atoms with van der Waals surface area (Å²) >= 11 is 0. The van der Waals surface area contributed by atoms with Gasteiger partial charge in [-0.25, -0.2) is 0 Å². The average molecular weight is 302 g/mol. The Balaban J connectivity index is 0.000000283. The molecule has 3 aromatic carbocycles. The third-order valence-corrected chi connectivity index (χ3v) is 3.12. The molecule has 3 aromatic rings. The molecule has 0 radical (unpaired) electrons. The molecule has 108 valence electrons. The third kappa shape index (κ3) is 4.09. The average Bonchev–Trinajstić information content (AvgIpc) is 3.15. The van der Waals surface area contributed by atoms with E-state index in [9.17, 15) is 0 Å². The maximum Gasteiger partial charge on any atom is 0 e. The van der Waals surface area contributed by atoms with Crippen LogP contribution in [0.5, 0.6) is 0 Å². The van der Waals surface area contributed by atoms with E-state index < -0.39 is 0 Å². The van der Waals surface area contributed by atoms with Crippen molar-refractivity contribution in [2.75, 3.05) is 0 Å². The van der Waals surface area contributed by atoms with Crippen molar-refractivity contribution in [3.8, 4) is 11.1 Å². The quantitative estimate of drug-likeness (QED) is 0.437. The SMILES string of the molecule is C=Cc1cccc(-[c-]2cccc2)c1C.[Fe].[cH-]1[cH-][cH-][cH-][cH-]1. The van der Waals surface area contributed by atoms with Crippen LogP contribution in [-0.4, -0.2) is 0 Å². The molecule has 0 saturated carbocycles. The fourth-order valence-corrected chi connectivity index (χ4v) is 2.06. The summed E-state index contributed by atoms with van der Waals surface area (Å²) in [5, 5.41) is 0. The Morgan fingerprint density at radius 2 is 1.50 bits per heavy atom. The fourth-order valence-electron chi connectivity index (χ4n) is 2.06. The number of rotatable bonds is 2. The Labute approximate surface area is 132 Å². The normalized spacial score (nSPS) is 9.05. The van der Waals surface area contributed by atoms with Gasteiger partial charge in [0.25, 0.3) is 0 Å². The van der Waals surface area contributed by atoms with E-state index in [1.165, 1.54) is 22.3 Å². The zero-order valence-corrected chi connectivity index (χ0v) is 12.7. The summed E-state index contributed by atoms with van der Waals surface area (Å²) in [5.41, 5.74) is 5.09. The molecule has 0 nitrogen and oxygen atoms in total. The van der Waals surface area contributed by atoms with E-state index in [2.05, 4.69) is 56.0 Å². The minimum atomic E-state index is 0. The third-order valence-electron chi connectivity index (χ3n) is 3.12. The summed E-state index contributed by atoms with van der Waals surface area (Å²) in [4.78, 5) is 0. The Morgan fingerprint density at radius 1 is 0.950 bits per heavy atom. The van der Waals surface area contributed by atoms with Gasteiger partial charge in [0.1, 0.15) is 0 Å². The second kappa shape index (κ2) is 8.37. The predicted octanol–water partition coefficient (Wildman–Crippen LogP) is 5.43. The molecule has 0 fully saturated rings. The molecule has 3 rings (SSSR count). The van der Waals surface area contributed by atoms with Crippen LogP contribution in [-0.2, 0) is 17.1 Å². The summed E-state index contributed by atoms with van der Waals surface area (Å²) in [6.45, 7) is 5.95. The molecule has 0 atom stereocenters. The van der Waals surface area contributed by atoms with Gasteiger partial charge >= 0.3 is 0 Å². The molecule has 0 heterocycles. The first-order chi connectivity index (χ1) is 9.33. The topological polar surface area (TPSA) is 0 Å². The maximum atomic E-state index is 3.81. The Kier molecular flexibility index (Phi) is 6.79. The van der Waals surface area contributed by atoms with Crippen molar-refractivity contribution in [3.05, 3.63) is 90.5 Å². The molecule has 0 N–H and O–H groups in total. The molecule has 0 amide bonds. The van der Waals surface area contributed by atoms with Crippen LogP contribution in [0.25, 0.3) is 17.2 Å². The molecule has 0 aromatic heterocycles. The molecule has 0 saturated heterocycles. The van der Waals surface area contributed by atoms with Gasteiger partial charge in [0.05, 0.1) is 0 Å².